The van der Waals surface area contributed by atoms with E-state index in [1.54, 1.807) is 0 Å². The van der Waals surface area contributed by atoms with Gasteiger partial charge in [-0.3, -0.25) is 4.79 Å². The number of ether oxygens (including phenoxy) is 1. The first-order chi connectivity index (χ1) is 11.7. The van der Waals surface area contributed by atoms with Gasteiger partial charge in [-0.2, -0.15) is 0 Å². The number of hydrogen-bond donors (Lipinski definition) is 0. The Labute approximate surface area is 147 Å². The molecule has 0 N–H and O–H groups in total. The number of esters is 1. The first kappa shape index (κ1) is 17.5. The minimum atomic E-state index is -0.0213. The van der Waals surface area contributed by atoms with Crippen LogP contribution in [0.2, 0.25) is 0 Å². The number of rotatable bonds is 4. The summed E-state index contributed by atoms with van der Waals surface area (Å²) in [6.45, 7) is 4.37. The van der Waals surface area contributed by atoms with E-state index in [4.69, 9.17) is 4.74 Å². The molecule has 0 aliphatic heterocycles. The SMILES string of the molecule is CCC1CCC(C2CCC(C(=O)Oc3ccc(C)cc3)CC2)CC1. The summed E-state index contributed by atoms with van der Waals surface area (Å²) in [4.78, 5) is 12.4. The van der Waals surface area contributed by atoms with E-state index >= 15 is 0 Å². The molecule has 132 valence electrons. The number of carbonyl (C=O) groups is 1. The van der Waals surface area contributed by atoms with E-state index in [9.17, 15) is 4.79 Å². The molecule has 0 atom stereocenters. The molecule has 0 radical (unpaired) electrons. The van der Waals surface area contributed by atoms with Crippen molar-refractivity contribution in [3.05, 3.63) is 29.8 Å². The second-order valence-corrected chi connectivity index (χ2v) is 8.03. The molecule has 0 spiro atoms. The minimum absolute atomic E-state index is 0.0213. The lowest BCUT2D eigenvalue weighted by Crippen LogP contribution is -2.30. The molecule has 0 saturated heterocycles. The van der Waals surface area contributed by atoms with Crippen LogP contribution in [-0.2, 0) is 4.79 Å². The van der Waals surface area contributed by atoms with Crippen molar-refractivity contribution in [1.29, 1.82) is 0 Å². The van der Waals surface area contributed by atoms with Crippen molar-refractivity contribution >= 4 is 5.97 Å². The lowest BCUT2D eigenvalue weighted by Gasteiger charge is -2.37. The maximum absolute atomic E-state index is 12.4. The van der Waals surface area contributed by atoms with Crippen LogP contribution in [0.5, 0.6) is 5.75 Å². The maximum atomic E-state index is 12.4. The van der Waals surface area contributed by atoms with Crippen LogP contribution >= 0.6 is 0 Å². The average molecular weight is 328 g/mol. The molecule has 3 rings (SSSR count). The third-order valence-electron chi connectivity index (χ3n) is 6.48. The molecule has 2 saturated carbocycles. The highest BCUT2D eigenvalue weighted by Gasteiger charge is 2.33. The van der Waals surface area contributed by atoms with Crippen LogP contribution in [-0.4, -0.2) is 5.97 Å². The van der Waals surface area contributed by atoms with Crippen LogP contribution in [0.25, 0.3) is 0 Å². The molecule has 0 heterocycles. The molecule has 2 nitrogen and oxygen atoms in total. The van der Waals surface area contributed by atoms with Crippen molar-refractivity contribution in [2.45, 2.75) is 71.6 Å². The summed E-state index contributed by atoms with van der Waals surface area (Å²) in [5, 5.41) is 0. The van der Waals surface area contributed by atoms with Gasteiger partial charge < -0.3 is 4.74 Å². The summed E-state index contributed by atoms with van der Waals surface area (Å²) < 4.78 is 5.58. The third kappa shape index (κ3) is 4.40. The first-order valence-electron chi connectivity index (χ1n) is 9.94. The molecule has 0 aromatic heterocycles. The summed E-state index contributed by atoms with van der Waals surface area (Å²) in [5.41, 5.74) is 1.19. The van der Waals surface area contributed by atoms with Gasteiger partial charge >= 0.3 is 5.97 Å². The summed E-state index contributed by atoms with van der Waals surface area (Å²) in [6.07, 6.45) is 11.5. The Bertz CT molecular complexity index is 517. The number of aryl methyl sites for hydroxylation is 1. The minimum Gasteiger partial charge on any atom is -0.426 e. The Morgan fingerprint density at radius 2 is 1.46 bits per heavy atom. The standard InChI is InChI=1S/C22H32O2/c1-3-17-6-8-18(9-7-17)19-10-12-20(13-11-19)22(23)24-21-14-4-16(2)5-15-21/h4-5,14-15,17-20H,3,6-13H2,1-2H3. The molecule has 0 amide bonds. The van der Waals surface area contributed by atoms with E-state index in [0.717, 1.165) is 30.6 Å². The maximum Gasteiger partial charge on any atom is 0.314 e. The van der Waals surface area contributed by atoms with Crippen LogP contribution in [0.3, 0.4) is 0 Å². The fourth-order valence-electron chi connectivity index (χ4n) is 4.70. The summed E-state index contributed by atoms with van der Waals surface area (Å²) in [7, 11) is 0. The lowest BCUT2D eigenvalue weighted by atomic mass is 9.69. The molecule has 24 heavy (non-hydrogen) atoms. The molecule has 2 aliphatic carbocycles. The monoisotopic (exact) mass is 328 g/mol. The predicted octanol–water partition coefficient (Wildman–Crippen LogP) is 5.92. The van der Waals surface area contributed by atoms with Gasteiger partial charge in [-0.15, -0.1) is 0 Å². The van der Waals surface area contributed by atoms with E-state index < -0.39 is 0 Å². The highest BCUT2D eigenvalue weighted by atomic mass is 16.5. The fraction of sp³-hybridized carbons (Fsp3) is 0.682. The summed E-state index contributed by atoms with van der Waals surface area (Å²) in [6, 6.07) is 7.77. The number of carbonyl (C=O) groups excluding carboxylic acids is 1. The van der Waals surface area contributed by atoms with Crippen molar-refractivity contribution in [2.75, 3.05) is 0 Å². The fourth-order valence-corrected chi connectivity index (χ4v) is 4.70. The third-order valence-corrected chi connectivity index (χ3v) is 6.48. The van der Waals surface area contributed by atoms with E-state index in [1.165, 1.54) is 50.5 Å². The van der Waals surface area contributed by atoms with Crippen LogP contribution in [0.4, 0.5) is 0 Å². The normalized spacial score (nSPS) is 30.8. The number of hydrogen-bond acceptors (Lipinski definition) is 2. The quantitative estimate of drug-likeness (QED) is 0.506. The van der Waals surface area contributed by atoms with Crippen LogP contribution < -0.4 is 4.74 Å². The molecular formula is C22H32O2. The van der Waals surface area contributed by atoms with Crippen LogP contribution in [0.15, 0.2) is 24.3 Å². The van der Waals surface area contributed by atoms with E-state index in [2.05, 4.69) is 6.92 Å². The number of benzene rings is 1. The molecule has 0 bridgehead atoms. The van der Waals surface area contributed by atoms with Crippen molar-refractivity contribution in [2.24, 2.45) is 23.7 Å². The Hall–Kier alpha value is -1.31. The topological polar surface area (TPSA) is 26.3 Å². The van der Waals surface area contributed by atoms with E-state index in [1.807, 2.05) is 31.2 Å². The zero-order valence-corrected chi connectivity index (χ0v) is 15.3. The zero-order chi connectivity index (χ0) is 16.9. The van der Waals surface area contributed by atoms with Gasteiger partial charge in [-0.05, 0) is 75.3 Å². The van der Waals surface area contributed by atoms with Gasteiger partial charge in [0.1, 0.15) is 5.75 Å². The predicted molar refractivity (Wildman–Crippen MR) is 98.0 cm³/mol. The van der Waals surface area contributed by atoms with Crippen molar-refractivity contribution in [3.8, 4) is 5.75 Å². The molecular weight excluding hydrogens is 296 g/mol. The zero-order valence-electron chi connectivity index (χ0n) is 15.3. The van der Waals surface area contributed by atoms with Crippen LogP contribution in [0.1, 0.15) is 70.3 Å². The second-order valence-electron chi connectivity index (χ2n) is 8.03. The van der Waals surface area contributed by atoms with Gasteiger partial charge in [0.25, 0.3) is 0 Å². The van der Waals surface area contributed by atoms with E-state index in [0.29, 0.717) is 5.75 Å². The Morgan fingerprint density at radius 3 is 2.00 bits per heavy atom. The smallest absolute Gasteiger partial charge is 0.314 e. The average Bonchev–Trinajstić information content (AvgIpc) is 2.64. The van der Waals surface area contributed by atoms with Gasteiger partial charge in [0.2, 0.25) is 0 Å². The Balaban J connectivity index is 1.44. The Kier molecular flexibility index (Phi) is 5.97. The van der Waals surface area contributed by atoms with Gasteiger partial charge in [0.05, 0.1) is 5.92 Å². The van der Waals surface area contributed by atoms with Crippen molar-refractivity contribution in [1.82, 2.24) is 0 Å². The molecule has 1 aromatic rings. The van der Waals surface area contributed by atoms with Crippen molar-refractivity contribution in [3.63, 3.8) is 0 Å². The van der Waals surface area contributed by atoms with E-state index in [-0.39, 0.29) is 11.9 Å². The molecule has 0 unspecified atom stereocenters. The highest BCUT2D eigenvalue weighted by molar-refractivity contribution is 5.75. The van der Waals surface area contributed by atoms with Gasteiger partial charge in [-0.25, -0.2) is 0 Å². The lowest BCUT2D eigenvalue weighted by molar-refractivity contribution is -0.140. The molecule has 2 aliphatic rings. The van der Waals surface area contributed by atoms with Gasteiger partial charge in [-0.1, -0.05) is 43.9 Å². The molecule has 1 aromatic carbocycles. The second kappa shape index (κ2) is 8.18. The largest absolute Gasteiger partial charge is 0.426 e. The van der Waals surface area contributed by atoms with Crippen molar-refractivity contribution < 1.29 is 9.53 Å². The van der Waals surface area contributed by atoms with Gasteiger partial charge in [0, 0.05) is 0 Å². The Morgan fingerprint density at radius 1 is 0.917 bits per heavy atom. The first-order valence-corrected chi connectivity index (χ1v) is 9.94. The highest BCUT2D eigenvalue weighted by Crippen LogP contribution is 2.42. The van der Waals surface area contributed by atoms with Gasteiger partial charge in [0.15, 0.2) is 0 Å². The molecule has 2 fully saturated rings. The molecule has 2 heteroatoms. The summed E-state index contributed by atoms with van der Waals surface area (Å²) in [5.74, 6) is 3.52. The van der Waals surface area contributed by atoms with Crippen LogP contribution in [0, 0.1) is 30.6 Å². The summed E-state index contributed by atoms with van der Waals surface area (Å²) >= 11 is 0.